The topological polar surface area (TPSA) is 125 Å². The number of barbiturate groups is 1. The van der Waals surface area contributed by atoms with Gasteiger partial charge in [-0.25, -0.2) is 4.79 Å². The Morgan fingerprint density at radius 3 is 2.57 bits per heavy atom. The minimum atomic E-state index is -1.37. The van der Waals surface area contributed by atoms with E-state index in [4.69, 9.17) is 9.47 Å². The number of hydrogen-bond donors (Lipinski definition) is 1. The van der Waals surface area contributed by atoms with E-state index in [-0.39, 0.29) is 23.1 Å². The van der Waals surface area contributed by atoms with Crippen molar-refractivity contribution in [1.82, 2.24) is 10.2 Å². The number of rotatable bonds is 7. The minimum Gasteiger partial charge on any atom is -0.546 e. The third-order valence-electron chi connectivity index (χ3n) is 5.00. The summed E-state index contributed by atoms with van der Waals surface area (Å²) >= 11 is 0. The molecule has 30 heavy (non-hydrogen) atoms. The Kier molecular flexibility index (Phi) is 6.71. The van der Waals surface area contributed by atoms with Crippen LogP contribution in [0.15, 0.2) is 23.8 Å². The highest BCUT2D eigenvalue weighted by Crippen LogP contribution is 2.31. The standard InChI is InChI=1S/C21H24N2O7/c1-2-29-17-11-13(8-9-16(17)30-12-18(24)25)10-15-19(26)22-21(28)23(20(15)27)14-6-4-3-5-7-14/h8-11,14H,2-7,12H2,1H3,(H,24,25)(H,22,26,28)/p-1/b15-10+. The molecule has 9 heteroatoms. The first-order valence-corrected chi connectivity index (χ1v) is 9.90. The molecular formula is C21H23N2O7-. The number of carbonyl (C=O) groups is 4. The average Bonchev–Trinajstić information content (AvgIpc) is 2.71. The number of urea groups is 1. The highest BCUT2D eigenvalue weighted by molar-refractivity contribution is 6.31. The Hall–Kier alpha value is -3.36. The van der Waals surface area contributed by atoms with Crippen LogP contribution in [0.2, 0.25) is 0 Å². The SMILES string of the molecule is CCOc1cc(/C=C2\C(=O)NC(=O)N(C3CCCCC3)C2=O)ccc1OCC(=O)[O-]. The van der Waals surface area contributed by atoms with E-state index in [0.29, 0.717) is 12.2 Å². The van der Waals surface area contributed by atoms with Gasteiger partial charge in [0.05, 0.1) is 12.6 Å². The lowest BCUT2D eigenvalue weighted by molar-refractivity contribution is -0.307. The molecule has 1 aromatic rings. The number of carbonyl (C=O) groups excluding carboxylic acids is 4. The van der Waals surface area contributed by atoms with E-state index in [2.05, 4.69) is 5.32 Å². The molecular weight excluding hydrogens is 392 g/mol. The summed E-state index contributed by atoms with van der Waals surface area (Å²) in [6.07, 6.45) is 5.75. The van der Waals surface area contributed by atoms with Crippen molar-refractivity contribution >= 4 is 29.9 Å². The van der Waals surface area contributed by atoms with Crippen LogP contribution in [-0.4, -0.2) is 48.0 Å². The fourth-order valence-electron chi connectivity index (χ4n) is 3.65. The third-order valence-corrected chi connectivity index (χ3v) is 5.00. The summed E-state index contributed by atoms with van der Waals surface area (Å²) < 4.78 is 10.6. The number of aliphatic carboxylic acids is 1. The average molecular weight is 415 g/mol. The normalized spacial score (nSPS) is 19.0. The van der Waals surface area contributed by atoms with Gasteiger partial charge in [0.1, 0.15) is 12.2 Å². The van der Waals surface area contributed by atoms with Crippen molar-refractivity contribution in [2.45, 2.75) is 45.1 Å². The summed E-state index contributed by atoms with van der Waals surface area (Å²) in [5.74, 6) is -2.29. The van der Waals surface area contributed by atoms with E-state index in [1.807, 2.05) is 0 Å². The number of benzene rings is 1. The van der Waals surface area contributed by atoms with Crippen molar-refractivity contribution in [2.75, 3.05) is 13.2 Å². The van der Waals surface area contributed by atoms with E-state index in [1.54, 1.807) is 13.0 Å². The molecule has 0 aromatic heterocycles. The van der Waals surface area contributed by atoms with Crippen LogP contribution < -0.4 is 19.9 Å². The number of nitrogens with one attached hydrogen (secondary N) is 1. The molecule has 1 saturated heterocycles. The number of carboxylic acid groups (broad SMARTS) is 1. The van der Waals surface area contributed by atoms with Crippen molar-refractivity contribution in [3.63, 3.8) is 0 Å². The summed E-state index contributed by atoms with van der Waals surface area (Å²) in [6.45, 7) is 1.41. The number of carboxylic acids is 1. The zero-order valence-electron chi connectivity index (χ0n) is 16.6. The molecule has 1 aliphatic carbocycles. The van der Waals surface area contributed by atoms with Crippen LogP contribution in [0.4, 0.5) is 4.79 Å². The van der Waals surface area contributed by atoms with Gasteiger partial charge in [0, 0.05) is 6.04 Å². The second kappa shape index (κ2) is 9.43. The highest BCUT2D eigenvalue weighted by atomic mass is 16.5. The molecule has 2 fully saturated rings. The van der Waals surface area contributed by atoms with Gasteiger partial charge < -0.3 is 19.4 Å². The van der Waals surface area contributed by atoms with Crippen molar-refractivity contribution in [1.29, 1.82) is 0 Å². The van der Waals surface area contributed by atoms with Gasteiger partial charge >= 0.3 is 6.03 Å². The molecule has 0 spiro atoms. The van der Waals surface area contributed by atoms with Crippen LogP contribution in [-0.2, 0) is 14.4 Å². The summed E-state index contributed by atoms with van der Waals surface area (Å²) in [7, 11) is 0. The highest BCUT2D eigenvalue weighted by Gasteiger charge is 2.40. The summed E-state index contributed by atoms with van der Waals surface area (Å²) in [6, 6.07) is 3.66. The van der Waals surface area contributed by atoms with Gasteiger partial charge in [-0.3, -0.25) is 19.8 Å². The molecule has 0 atom stereocenters. The van der Waals surface area contributed by atoms with E-state index < -0.39 is 30.4 Å². The van der Waals surface area contributed by atoms with Gasteiger partial charge in [-0.15, -0.1) is 0 Å². The van der Waals surface area contributed by atoms with Gasteiger partial charge in [-0.1, -0.05) is 25.3 Å². The Morgan fingerprint density at radius 2 is 1.90 bits per heavy atom. The molecule has 1 aromatic carbocycles. The quantitative estimate of drug-likeness (QED) is 0.520. The molecule has 1 saturated carbocycles. The smallest absolute Gasteiger partial charge is 0.331 e. The fraction of sp³-hybridized carbons (Fsp3) is 0.429. The molecule has 0 unspecified atom stereocenters. The first-order valence-electron chi connectivity index (χ1n) is 9.90. The molecule has 1 aliphatic heterocycles. The second-order valence-electron chi connectivity index (χ2n) is 7.08. The maximum atomic E-state index is 13.0. The van der Waals surface area contributed by atoms with Gasteiger partial charge in [0.2, 0.25) is 0 Å². The number of amides is 4. The van der Waals surface area contributed by atoms with Crippen molar-refractivity contribution < 1.29 is 33.8 Å². The molecule has 9 nitrogen and oxygen atoms in total. The summed E-state index contributed by atoms with van der Waals surface area (Å²) in [5, 5.41) is 12.9. The van der Waals surface area contributed by atoms with Crippen molar-refractivity contribution in [3.05, 3.63) is 29.3 Å². The van der Waals surface area contributed by atoms with Gasteiger partial charge in [-0.05, 0) is 43.5 Å². The molecule has 1 N–H and O–H groups in total. The van der Waals surface area contributed by atoms with Crippen molar-refractivity contribution in [3.8, 4) is 11.5 Å². The Labute approximate surface area is 173 Å². The summed E-state index contributed by atoms with van der Waals surface area (Å²) in [5.41, 5.74) is 0.321. The van der Waals surface area contributed by atoms with Crippen LogP contribution in [0.5, 0.6) is 11.5 Å². The van der Waals surface area contributed by atoms with Crippen molar-refractivity contribution in [2.24, 2.45) is 0 Å². The number of nitrogens with zero attached hydrogens (tertiary/aromatic N) is 1. The lowest BCUT2D eigenvalue weighted by atomic mass is 9.93. The number of imide groups is 2. The molecule has 4 amide bonds. The minimum absolute atomic E-state index is 0.147. The lowest BCUT2D eigenvalue weighted by Gasteiger charge is -2.35. The van der Waals surface area contributed by atoms with Crippen LogP contribution in [0.25, 0.3) is 6.08 Å². The maximum absolute atomic E-state index is 13.0. The molecule has 0 radical (unpaired) electrons. The second-order valence-corrected chi connectivity index (χ2v) is 7.08. The van der Waals surface area contributed by atoms with Crippen LogP contribution in [0, 0.1) is 0 Å². The molecule has 2 aliphatic rings. The number of hydrogen-bond acceptors (Lipinski definition) is 7. The monoisotopic (exact) mass is 415 g/mol. The lowest BCUT2D eigenvalue weighted by Crippen LogP contribution is -2.58. The Morgan fingerprint density at radius 1 is 1.17 bits per heavy atom. The Balaban J connectivity index is 1.88. The van der Waals surface area contributed by atoms with Crippen LogP contribution in [0.3, 0.4) is 0 Å². The van der Waals surface area contributed by atoms with Gasteiger partial charge in [0.15, 0.2) is 11.5 Å². The molecule has 1 heterocycles. The molecule has 0 bridgehead atoms. The predicted molar refractivity (Wildman–Crippen MR) is 103 cm³/mol. The zero-order valence-corrected chi connectivity index (χ0v) is 16.6. The van der Waals surface area contributed by atoms with Crippen LogP contribution in [0.1, 0.15) is 44.6 Å². The zero-order chi connectivity index (χ0) is 21.7. The fourth-order valence-corrected chi connectivity index (χ4v) is 3.65. The van der Waals surface area contributed by atoms with E-state index in [0.717, 1.165) is 37.0 Å². The molecule has 3 rings (SSSR count). The first-order chi connectivity index (χ1) is 14.4. The maximum Gasteiger partial charge on any atom is 0.331 e. The number of ether oxygens (including phenoxy) is 2. The predicted octanol–water partition coefficient (Wildman–Crippen LogP) is 1.01. The van der Waals surface area contributed by atoms with E-state index in [9.17, 15) is 24.3 Å². The first kappa shape index (κ1) is 21.4. The van der Waals surface area contributed by atoms with Gasteiger partial charge in [-0.2, -0.15) is 0 Å². The third kappa shape index (κ3) is 4.79. The van der Waals surface area contributed by atoms with E-state index >= 15 is 0 Å². The van der Waals surface area contributed by atoms with Gasteiger partial charge in [0.25, 0.3) is 11.8 Å². The largest absolute Gasteiger partial charge is 0.546 e. The molecule has 160 valence electrons. The Bertz CT molecular complexity index is 887. The summed E-state index contributed by atoms with van der Waals surface area (Å²) in [4.78, 5) is 49.3. The van der Waals surface area contributed by atoms with Crippen LogP contribution >= 0.6 is 0 Å². The van der Waals surface area contributed by atoms with E-state index in [1.165, 1.54) is 18.2 Å².